The Balaban J connectivity index is 2.20. The molecule has 0 aliphatic carbocycles. The molecule has 0 spiro atoms. The molecular weight excluding hydrogens is 317 g/mol. The highest BCUT2D eigenvalue weighted by molar-refractivity contribution is 5.90. The standard InChI is InChI=1S/C19H15F3O2/c1-3-24-15-9-6-12-10-14(11-4-7-13(23-2)8-5-11)17(20)19(22)16(12)18(15)21/h4-10H,3H2,1-2H3. The van der Waals surface area contributed by atoms with Crippen molar-refractivity contribution >= 4 is 10.8 Å². The van der Waals surface area contributed by atoms with Crippen LogP contribution in [0.1, 0.15) is 6.92 Å². The van der Waals surface area contributed by atoms with Crippen molar-refractivity contribution in [2.75, 3.05) is 13.7 Å². The first-order valence-corrected chi connectivity index (χ1v) is 7.44. The maximum atomic E-state index is 14.5. The van der Waals surface area contributed by atoms with Crippen LogP contribution in [0, 0.1) is 17.5 Å². The molecule has 0 saturated heterocycles. The average molecular weight is 332 g/mol. The van der Waals surface area contributed by atoms with Gasteiger partial charge in [-0.3, -0.25) is 0 Å². The summed E-state index contributed by atoms with van der Waals surface area (Å²) in [5, 5.41) is -0.142. The SMILES string of the molecule is CCOc1ccc2cc(-c3ccc(OC)cc3)c(F)c(F)c2c1F. The molecule has 0 atom stereocenters. The summed E-state index contributed by atoms with van der Waals surface area (Å²) in [6, 6.07) is 10.9. The van der Waals surface area contributed by atoms with Gasteiger partial charge in [0.1, 0.15) is 5.75 Å². The summed E-state index contributed by atoms with van der Waals surface area (Å²) >= 11 is 0. The lowest BCUT2D eigenvalue weighted by Crippen LogP contribution is -1.99. The number of hydrogen-bond donors (Lipinski definition) is 0. The zero-order valence-electron chi connectivity index (χ0n) is 13.2. The number of fused-ring (bicyclic) bond motifs is 1. The van der Waals surface area contributed by atoms with Crippen LogP contribution in [0.15, 0.2) is 42.5 Å². The Bertz CT molecular complexity index is 889. The van der Waals surface area contributed by atoms with E-state index in [9.17, 15) is 13.2 Å². The van der Waals surface area contributed by atoms with Gasteiger partial charge in [0.2, 0.25) is 0 Å². The van der Waals surface area contributed by atoms with E-state index in [4.69, 9.17) is 9.47 Å². The van der Waals surface area contributed by atoms with Crippen molar-refractivity contribution in [3.05, 3.63) is 59.9 Å². The van der Waals surface area contributed by atoms with E-state index in [0.717, 1.165) is 0 Å². The molecule has 0 fully saturated rings. The van der Waals surface area contributed by atoms with Crippen LogP contribution >= 0.6 is 0 Å². The van der Waals surface area contributed by atoms with Gasteiger partial charge in [-0.05, 0) is 42.1 Å². The molecule has 24 heavy (non-hydrogen) atoms. The molecule has 124 valence electrons. The van der Waals surface area contributed by atoms with Crippen molar-refractivity contribution in [3.63, 3.8) is 0 Å². The number of halogens is 3. The molecule has 0 saturated carbocycles. The third-order valence-electron chi connectivity index (χ3n) is 3.79. The highest BCUT2D eigenvalue weighted by atomic mass is 19.2. The molecule has 0 N–H and O–H groups in total. The number of ether oxygens (including phenoxy) is 2. The summed E-state index contributed by atoms with van der Waals surface area (Å²) in [7, 11) is 1.52. The largest absolute Gasteiger partial charge is 0.497 e. The fraction of sp³-hybridized carbons (Fsp3) is 0.158. The minimum atomic E-state index is -1.22. The molecule has 0 aliphatic rings. The Hall–Kier alpha value is -2.69. The van der Waals surface area contributed by atoms with Gasteiger partial charge in [0.15, 0.2) is 23.2 Å². The number of hydrogen-bond acceptors (Lipinski definition) is 2. The summed E-state index contributed by atoms with van der Waals surface area (Å²) < 4.78 is 53.5. The second kappa shape index (κ2) is 6.43. The van der Waals surface area contributed by atoms with Crippen LogP contribution in [0.4, 0.5) is 13.2 Å². The minimum absolute atomic E-state index is 0.0613. The zero-order chi connectivity index (χ0) is 17.3. The van der Waals surface area contributed by atoms with Gasteiger partial charge in [-0.15, -0.1) is 0 Å². The second-order valence-electron chi connectivity index (χ2n) is 5.19. The van der Waals surface area contributed by atoms with Gasteiger partial charge in [-0.25, -0.2) is 13.2 Å². The third-order valence-corrected chi connectivity index (χ3v) is 3.79. The maximum Gasteiger partial charge on any atom is 0.175 e. The summed E-state index contributed by atoms with van der Waals surface area (Å²) in [5.41, 5.74) is 0.537. The van der Waals surface area contributed by atoms with Crippen molar-refractivity contribution in [1.29, 1.82) is 0 Å². The van der Waals surface area contributed by atoms with Gasteiger partial charge < -0.3 is 9.47 Å². The van der Waals surface area contributed by atoms with Crippen molar-refractivity contribution in [3.8, 4) is 22.6 Å². The molecule has 0 aliphatic heterocycles. The van der Waals surface area contributed by atoms with Crippen LogP contribution in [0.25, 0.3) is 21.9 Å². The number of methoxy groups -OCH3 is 1. The van der Waals surface area contributed by atoms with Crippen molar-refractivity contribution in [2.24, 2.45) is 0 Å². The zero-order valence-corrected chi connectivity index (χ0v) is 13.2. The Morgan fingerprint density at radius 3 is 2.21 bits per heavy atom. The first-order chi connectivity index (χ1) is 11.6. The quantitative estimate of drug-likeness (QED) is 0.643. The topological polar surface area (TPSA) is 18.5 Å². The van der Waals surface area contributed by atoms with Gasteiger partial charge in [0.25, 0.3) is 0 Å². The van der Waals surface area contributed by atoms with E-state index in [-0.39, 0.29) is 23.3 Å². The highest BCUT2D eigenvalue weighted by Gasteiger charge is 2.20. The maximum absolute atomic E-state index is 14.5. The molecule has 3 rings (SSSR count). The first-order valence-electron chi connectivity index (χ1n) is 7.44. The number of benzene rings is 3. The predicted molar refractivity (Wildman–Crippen MR) is 87.0 cm³/mol. The van der Waals surface area contributed by atoms with Gasteiger partial charge in [-0.2, -0.15) is 0 Å². The van der Waals surface area contributed by atoms with Crippen LogP contribution in [0.2, 0.25) is 0 Å². The fourth-order valence-corrected chi connectivity index (χ4v) is 2.61. The van der Waals surface area contributed by atoms with E-state index in [0.29, 0.717) is 11.3 Å². The smallest absolute Gasteiger partial charge is 0.175 e. The second-order valence-corrected chi connectivity index (χ2v) is 5.19. The fourth-order valence-electron chi connectivity index (χ4n) is 2.61. The molecule has 0 radical (unpaired) electrons. The van der Waals surface area contributed by atoms with Crippen LogP contribution in [-0.4, -0.2) is 13.7 Å². The van der Waals surface area contributed by atoms with E-state index in [2.05, 4.69) is 0 Å². The Labute approximate surface area is 137 Å². The Morgan fingerprint density at radius 2 is 1.58 bits per heavy atom. The predicted octanol–water partition coefficient (Wildman–Crippen LogP) is 5.33. The molecule has 5 heteroatoms. The van der Waals surface area contributed by atoms with E-state index >= 15 is 0 Å². The summed E-state index contributed by atoms with van der Waals surface area (Å²) in [4.78, 5) is 0. The van der Waals surface area contributed by atoms with Crippen molar-refractivity contribution in [1.82, 2.24) is 0 Å². The van der Waals surface area contributed by atoms with Crippen molar-refractivity contribution in [2.45, 2.75) is 6.92 Å². The van der Waals surface area contributed by atoms with Crippen LogP contribution in [-0.2, 0) is 0 Å². The molecule has 2 nitrogen and oxygen atoms in total. The molecule has 0 aromatic heterocycles. The number of rotatable bonds is 4. The molecule has 3 aromatic carbocycles. The molecule has 0 unspecified atom stereocenters. The summed E-state index contributed by atoms with van der Waals surface area (Å²) in [6.07, 6.45) is 0. The molecular formula is C19H15F3O2. The molecule has 0 heterocycles. The van der Waals surface area contributed by atoms with Crippen LogP contribution < -0.4 is 9.47 Å². The summed E-state index contributed by atoms with van der Waals surface area (Å²) in [6.45, 7) is 1.92. The molecule has 0 bridgehead atoms. The average Bonchev–Trinajstić information content (AvgIpc) is 2.60. The summed E-state index contributed by atoms with van der Waals surface area (Å²) in [5.74, 6) is -2.71. The Kier molecular flexibility index (Phi) is 4.34. The lowest BCUT2D eigenvalue weighted by Gasteiger charge is -2.12. The monoisotopic (exact) mass is 332 g/mol. The molecule has 0 amide bonds. The van der Waals surface area contributed by atoms with Crippen molar-refractivity contribution < 1.29 is 22.6 Å². The highest BCUT2D eigenvalue weighted by Crippen LogP contribution is 2.35. The van der Waals surface area contributed by atoms with Gasteiger partial charge in [0.05, 0.1) is 19.1 Å². The van der Waals surface area contributed by atoms with Crippen LogP contribution in [0.5, 0.6) is 11.5 Å². The minimum Gasteiger partial charge on any atom is -0.497 e. The van der Waals surface area contributed by atoms with Gasteiger partial charge >= 0.3 is 0 Å². The Morgan fingerprint density at radius 1 is 0.875 bits per heavy atom. The third kappa shape index (κ3) is 2.66. The van der Waals surface area contributed by atoms with Gasteiger partial charge in [0, 0.05) is 5.56 Å². The molecule has 3 aromatic rings. The van der Waals surface area contributed by atoms with E-state index in [1.165, 1.54) is 25.3 Å². The van der Waals surface area contributed by atoms with E-state index in [1.807, 2.05) is 0 Å². The lowest BCUT2D eigenvalue weighted by atomic mass is 9.99. The van der Waals surface area contributed by atoms with Crippen LogP contribution in [0.3, 0.4) is 0 Å². The lowest BCUT2D eigenvalue weighted by molar-refractivity contribution is 0.322. The normalized spacial score (nSPS) is 10.9. The van der Waals surface area contributed by atoms with E-state index < -0.39 is 22.8 Å². The van der Waals surface area contributed by atoms with E-state index in [1.54, 1.807) is 31.2 Å². The van der Waals surface area contributed by atoms with Gasteiger partial charge in [-0.1, -0.05) is 18.2 Å². The first kappa shape index (κ1) is 16.2.